The van der Waals surface area contributed by atoms with Crippen molar-refractivity contribution in [2.75, 3.05) is 4.72 Å². The molecular formula is C13H11BrN2O2S2. The fraction of sp³-hybridized carbons (Fsp3) is 0. The van der Waals surface area contributed by atoms with Crippen LogP contribution in [0.5, 0.6) is 0 Å². The SMILES string of the molecule is NC(=S)c1ccc(S(=O)(=O)Nc2ccccc2Br)cc1. The normalized spacial score (nSPS) is 11.1. The highest BCUT2D eigenvalue weighted by Crippen LogP contribution is 2.24. The Morgan fingerprint density at radius 3 is 2.25 bits per heavy atom. The molecule has 0 fully saturated rings. The summed E-state index contributed by atoms with van der Waals surface area (Å²) in [5, 5.41) is 0. The molecule has 0 bridgehead atoms. The number of para-hydroxylation sites is 1. The van der Waals surface area contributed by atoms with Gasteiger partial charge in [0.15, 0.2) is 0 Å². The molecule has 2 aromatic carbocycles. The summed E-state index contributed by atoms with van der Waals surface area (Å²) < 4.78 is 27.7. The van der Waals surface area contributed by atoms with Crippen LogP contribution >= 0.6 is 28.1 Å². The molecule has 0 amide bonds. The van der Waals surface area contributed by atoms with Gasteiger partial charge in [0.05, 0.1) is 10.6 Å². The molecule has 0 heterocycles. The molecule has 0 radical (unpaired) electrons. The molecule has 2 aromatic rings. The van der Waals surface area contributed by atoms with Crippen molar-refractivity contribution in [3.8, 4) is 0 Å². The first-order chi connectivity index (χ1) is 9.40. The maximum Gasteiger partial charge on any atom is 0.261 e. The Morgan fingerprint density at radius 2 is 1.70 bits per heavy atom. The Labute approximate surface area is 131 Å². The van der Waals surface area contributed by atoms with Gasteiger partial charge in [-0.1, -0.05) is 36.5 Å². The highest BCUT2D eigenvalue weighted by Gasteiger charge is 2.15. The zero-order valence-corrected chi connectivity index (χ0v) is 13.4. The van der Waals surface area contributed by atoms with Crippen molar-refractivity contribution in [3.63, 3.8) is 0 Å². The molecule has 0 aromatic heterocycles. The smallest absolute Gasteiger partial charge is 0.261 e. The van der Waals surface area contributed by atoms with Gasteiger partial charge in [-0.05, 0) is 40.2 Å². The number of rotatable bonds is 4. The number of hydrogen-bond donors (Lipinski definition) is 2. The van der Waals surface area contributed by atoms with Gasteiger partial charge in [-0.25, -0.2) is 8.42 Å². The lowest BCUT2D eigenvalue weighted by molar-refractivity contribution is 0.601. The number of anilines is 1. The van der Waals surface area contributed by atoms with E-state index >= 15 is 0 Å². The first-order valence-electron chi connectivity index (χ1n) is 5.57. The molecule has 0 aliphatic rings. The molecule has 0 saturated heterocycles. The number of nitrogens with two attached hydrogens (primary N) is 1. The lowest BCUT2D eigenvalue weighted by atomic mass is 10.2. The second-order valence-corrected chi connectivity index (χ2v) is 6.95. The van der Waals surface area contributed by atoms with Crippen LogP contribution in [0.3, 0.4) is 0 Å². The predicted molar refractivity (Wildman–Crippen MR) is 87.3 cm³/mol. The quantitative estimate of drug-likeness (QED) is 0.811. The number of benzene rings is 2. The molecule has 0 spiro atoms. The predicted octanol–water partition coefficient (Wildman–Crippen LogP) is 2.88. The Hall–Kier alpha value is -1.44. The van der Waals surface area contributed by atoms with Crippen molar-refractivity contribution in [1.82, 2.24) is 0 Å². The van der Waals surface area contributed by atoms with Crippen molar-refractivity contribution in [2.45, 2.75) is 4.90 Å². The van der Waals surface area contributed by atoms with Crippen LogP contribution in [0, 0.1) is 0 Å². The number of sulfonamides is 1. The molecular weight excluding hydrogens is 360 g/mol. The van der Waals surface area contributed by atoms with E-state index < -0.39 is 10.0 Å². The van der Waals surface area contributed by atoms with Gasteiger partial charge < -0.3 is 5.73 Å². The van der Waals surface area contributed by atoms with Gasteiger partial charge in [0, 0.05) is 10.0 Å². The van der Waals surface area contributed by atoms with Crippen LogP contribution < -0.4 is 10.5 Å². The number of nitrogens with one attached hydrogen (secondary N) is 1. The van der Waals surface area contributed by atoms with Crippen LogP contribution in [0.4, 0.5) is 5.69 Å². The first kappa shape index (κ1) is 15.0. The highest BCUT2D eigenvalue weighted by molar-refractivity contribution is 9.10. The van der Waals surface area contributed by atoms with Crippen LogP contribution in [0.15, 0.2) is 57.9 Å². The van der Waals surface area contributed by atoms with E-state index in [1.165, 1.54) is 12.1 Å². The average molecular weight is 371 g/mol. The van der Waals surface area contributed by atoms with Crippen molar-refractivity contribution in [3.05, 3.63) is 58.6 Å². The maximum absolute atomic E-state index is 12.2. The summed E-state index contributed by atoms with van der Waals surface area (Å²) in [5.74, 6) is 0. The summed E-state index contributed by atoms with van der Waals surface area (Å²) in [4.78, 5) is 0.376. The summed E-state index contributed by atoms with van der Waals surface area (Å²) in [6, 6.07) is 13.1. The van der Waals surface area contributed by atoms with E-state index in [1.54, 1.807) is 36.4 Å². The van der Waals surface area contributed by atoms with Crippen molar-refractivity contribution in [1.29, 1.82) is 0 Å². The Kier molecular flexibility index (Phi) is 4.42. The summed E-state index contributed by atoms with van der Waals surface area (Å²) in [6.07, 6.45) is 0. The van der Waals surface area contributed by atoms with Crippen LogP contribution in [0.25, 0.3) is 0 Å². The van der Waals surface area contributed by atoms with Crippen LogP contribution in [-0.4, -0.2) is 13.4 Å². The number of thiocarbonyl (C=S) groups is 1. The number of halogens is 1. The molecule has 104 valence electrons. The van der Waals surface area contributed by atoms with Crippen LogP contribution in [0.1, 0.15) is 5.56 Å². The molecule has 0 aliphatic heterocycles. The van der Waals surface area contributed by atoms with E-state index in [9.17, 15) is 8.42 Å². The average Bonchev–Trinajstić information content (AvgIpc) is 2.41. The molecule has 2 rings (SSSR count). The largest absolute Gasteiger partial charge is 0.389 e. The van der Waals surface area contributed by atoms with Gasteiger partial charge in [-0.15, -0.1) is 0 Å². The number of hydrogen-bond acceptors (Lipinski definition) is 3. The minimum Gasteiger partial charge on any atom is -0.389 e. The molecule has 0 aliphatic carbocycles. The maximum atomic E-state index is 12.2. The van der Waals surface area contributed by atoms with Gasteiger partial charge in [0.25, 0.3) is 10.0 Å². The fourth-order valence-electron chi connectivity index (χ4n) is 1.55. The first-order valence-corrected chi connectivity index (χ1v) is 8.26. The molecule has 7 heteroatoms. The van der Waals surface area contributed by atoms with E-state index in [1.807, 2.05) is 0 Å². The third-order valence-corrected chi connectivity index (χ3v) is 4.88. The standard InChI is InChI=1S/C13H11BrN2O2S2/c14-11-3-1-2-4-12(11)16-20(17,18)10-7-5-9(6-8-10)13(15)19/h1-8,16H,(H2,15,19). The lowest BCUT2D eigenvalue weighted by Gasteiger charge is -2.10. The monoisotopic (exact) mass is 370 g/mol. The molecule has 4 nitrogen and oxygen atoms in total. The second-order valence-electron chi connectivity index (χ2n) is 3.97. The minimum absolute atomic E-state index is 0.147. The topological polar surface area (TPSA) is 72.2 Å². The van der Waals surface area contributed by atoms with Crippen LogP contribution in [-0.2, 0) is 10.0 Å². The Bertz CT molecular complexity index is 743. The van der Waals surface area contributed by atoms with Gasteiger partial charge in [0.1, 0.15) is 4.99 Å². The third kappa shape index (κ3) is 3.36. The Morgan fingerprint density at radius 1 is 1.10 bits per heavy atom. The van der Waals surface area contributed by atoms with Gasteiger partial charge in [0.2, 0.25) is 0 Å². The van der Waals surface area contributed by atoms with Crippen LogP contribution in [0.2, 0.25) is 0 Å². The molecule has 3 N–H and O–H groups in total. The van der Waals surface area contributed by atoms with Crippen molar-refractivity contribution >= 4 is 48.8 Å². The summed E-state index contributed by atoms with van der Waals surface area (Å²) >= 11 is 8.12. The summed E-state index contributed by atoms with van der Waals surface area (Å²) in [7, 11) is -3.64. The van der Waals surface area contributed by atoms with E-state index in [4.69, 9.17) is 18.0 Å². The van der Waals surface area contributed by atoms with E-state index in [0.717, 1.165) is 0 Å². The zero-order chi connectivity index (χ0) is 14.8. The van der Waals surface area contributed by atoms with Crippen molar-refractivity contribution in [2.24, 2.45) is 5.73 Å². The molecule has 20 heavy (non-hydrogen) atoms. The second kappa shape index (κ2) is 5.90. The lowest BCUT2D eigenvalue weighted by Crippen LogP contribution is -2.14. The van der Waals surface area contributed by atoms with Gasteiger partial charge >= 0.3 is 0 Å². The van der Waals surface area contributed by atoms with E-state index in [-0.39, 0.29) is 9.88 Å². The molecule has 0 unspecified atom stereocenters. The third-order valence-electron chi connectivity index (χ3n) is 2.57. The summed E-state index contributed by atoms with van der Waals surface area (Å²) in [6.45, 7) is 0. The Balaban J connectivity index is 2.31. The fourth-order valence-corrected chi connectivity index (χ4v) is 3.28. The molecule has 0 saturated carbocycles. The van der Waals surface area contributed by atoms with E-state index in [0.29, 0.717) is 15.7 Å². The highest BCUT2D eigenvalue weighted by atomic mass is 79.9. The van der Waals surface area contributed by atoms with Crippen molar-refractivity contribution < 1.29 is 8.42 Å². The summed E-state index contributed by atoms with van der Waals surface area (Å²) in [5.41, 5.74) is 6.58. The van der Waals surface area contributed by atoms with Gasteiger partial charge in [-0.2, -0.15) is 0 Å². The molecule has 0 atom stereocenters. The van der Waals surface area contributed by atoms with E-state index in [2.05, 4.69) is 20.7 Å². The van der Waals surface area contributed by atoms with Gasteiger partial charge in [-0.3, -0.25) is 4.72 Å². The zero-order valence-electron chi connectivity index (χ0n) is 10.2. The minimum atomic E-state index is -3.64.